The van der Waals surface area contributed by atoms with Crippen molar-refractivity contribution in [3.8, 4) is 0 Å². The van der Waals surface area contributed by atoms with Crippen LogP contribution in [-0.2, 0) is 9.53 Å². The molecule has 0 spiro atoms. The average molecular weight is 204 g/mol. The van der Waals surface area contributed by atoms with Gasteiger partial charge in [-0.05, 0) is 6.92 Å². The van der Waals surface area contributed by atoms with Crippen molar-refractivity contribution in [3.05, 3.63) is 0 Å². The van der Waals surface area contributed by atoms with Gasteiger partial charge in [-0.25, -0.2) is 0 Å². The molecule has 0 bridgehead atoms. The predicted octanol–water partition coefficient (Wildman–Crippen LogP) is 0.719. The molecule has 1 amide bonds. The molecule has 0 radical (unpaired) electrons. The van der Waals surface area contributed by atoms with Crippen LogP contribution in [0.5, 0.6) is 0 Å². The normalized spacial score (nSPS) is 34.8. The van der Waals surface area contributed by atoms with Gasteiger partial charge >= 0.3 is 0 Å². The van der Waals surface area contributed by atoms with Gasteiger partial charge < -0.3 is 9.64 Å². The van der Waals surface area contributed by atoms with Crippen LogP contribution in [0.25, 0.3) is 0 Å². The second-order valence-electron chi connectivity index (χ2n) is 3.92. The molecule has 3 nitrogen and oxygen atoms in total. The van der Waals surface area contributed by atoms with Crippen LogP contribution in [0.2, 0.25) is 0 Å². The van der Waals surface area contributed by atoms with Crippen molar-refractivity contribution in [1.29, 1.82) is 0 Å². The Morgan fingerprint density at radius 1 is 1.46 bits per heavy atom. The third kappa shape index (κ3) is 1.67. The first kappa shape index (κ1) is 9.28. The minimum absolute atomic E-state index is 0.0658. The molecular formula is C9H14ClNO2. The number of ether oxygens (including phenoxy) is 1. The van der Waals surface area contributed by atoms with Crippen LogP contribution in [0.15, 0.2) is 0 Å². The Bertz CT molecular complexity index is 208. The van der Waals surface area contributed by atoms with Crippen molar-refractivity contribution in [2.75, 3.05) is 26.3 Å². The minimum atomic E-state index is -0.389. The number of hydrogen-bond donors (Lipinski definition) is 0. The predicted molar refractivity (Wildman–Crippen MR) is 49.7 cm³/mol. The summed E-state index contributed by atoms with van der Waals surface area (Å²) in [6, 6.07) is 0. The zero-order valence-corrected chi connectivity index (χ0v) is 8.46. The lowest BCUT2D eigenvalue weighted by Gasteiger charge is -2.18. The van der Waals surface area contributed by atoms with E-state index in [1.807, 2.05) is 4.90 Å². The molecule has 2 fully saturated rings. The second-order valence-corrected chi connectivity index (χ2v) is 4.57. The van der Waals surface area contributed by atoms with Gasteiger partial charge in [0, 0.05) is 24.9 Å². The van der Waals surface area contributed by atoms with Gasteiger partial charge in [-0.2, -0.15) is 0 Å². The molecule has 0 aliphatic carbocycles. The molecule has 4 heteroatoms. The van der Waals surface area contributed by atoms with Crippen LogP contribution in [0, 0.1) is 11.8 Å². The van der Waals surface area contributed by atoms with Crippen LogP contribution >= 0.6 is 11.6 Å². The molecule has 74 valence electrons. The van der Waals surface area contributed by atoms with Gasteiger partial charge in [0.25, 0.3) is 0 Å². The largest absolute Gasteiger partial charge is 0.381 e. The summed E-state index contributed by atoms with van der Waals surface area (Å²) in [5.41, 5.74) is 0. The van der Waals surface area contributed by atoms with E-state index in [2.05, 4.69) is 0 Å². The molecule has 2 aliphatic heterocycles. The van der Waals surface area contributed by atoms with Gasteiger partial charge in [0.2, 0.25) is 5.91 Å². The number of carbonyl (C=O) groups is 1. The lowest BCUT2D eigenvalue weighted by Crippen LogP contribution is -2.34. The van der Waals surface area contributed by atoms with E-state index in [0.717, 1.165) is 26.3 Å². The molecule has 0 N–H and O–H groups in total. The molecule has 0 aromatic carbocycles. The first-order chi connectivity index (χ1) is 6.18. The number of likely N-dealkylation sites (tertiary alicyclic amines) is 1. The van der Waals surface area contributed by atoms with Crippen LogP contribution in [0.1, 0.15) is 6.92 Å². The highest BCUT2D eigenvalue weighted by Gasteiger charge is 2.39. The number of carbonyl (C=O) groups excluding carboxylic acids is 1. The molecule has 0 aromatic heterocycles. The molecule has 2 aliphatic rings. The van der Waals surface area contributed by atoms with E-state index in [0.29, 0.717) is 11.8 Å². The fraction of sp³-hybridized carbons (Fsp3) is 0.889. The lowest BCUT2D eigenvalue weighted by atomic mass is 10.0. The number of fused-ring (bicyclic) bond motifs is 1. The Kier molecular flexibility index (Phi) is 2.47. The summed E-state index contributed by atoms with van der Waals surface area (Å²) >= 11 is 5.74. The highest BCUT2D eigenvalue weighted by Crippen LogP contribution is 2.29. The highest BCUT2D eigenvalue weighted by molar-refractivity contribution is 6.30. The van der Waals surface area contributed by atoms with Crippen LogP contribution in [0.4, 0.5) is 0 Å². The Balaban J connectivity index is 1.95. The minimum Gasteiger partial charge on any atom is -0.381 e. The summed E-state index contributed by atoms with van der Waals surface area (Å²) in [6.45, 7) is 5.02. The van der Waals surface area contributed by atoms with Gasteiger partial charge in [0.15, 0.2) is 0 Å². The van der Waals surface area contributed by atoms with Crippen LogP contribution in [0.3, 0.4) is 0 Å². The van der Waals surface area contributed by atoms with Gasteiger partial charge in [-0.15, -0.1) is 11.6 Å². The number of nitrogens with zero attached hydrogens (tertiary/aromatic N) is 1. The molecule has 3 atom stereocenters. The molecule has 0 aromatic rings. The van der Waals surface area contributed by atoms with Crippen molar-refractivity contribution < 1.29 is 9.53 Å². The zero-order chi connectivity index (χ0) is 9.42. The van der Waals surface area contributed by atoms with E-state index in [1.165, 1.54) is 0 Å². The lowest BCUT2D eigenvalue weighted by molar-refractivity contribution is -0.129. The Hall–Kier alpha value is -0.280. The Labute approximate surface area is 83.0 Å². The molecule has 2 heterocycles. The van der Waals surface area contributed by atoms with E-state index in [4.69, 9.17) is 16.3 Å². The maximum Gasteiger partial charge on any atom is 0.240 e. The summed E-state index contributed by atoms with van der Waals surface area (Å²) in [5, 5.41) is -0.389. The second kappa shape index (κ2) is 3.46. The van der Waals surface area contributed by atoms with Crippen molar-refractivity contribution >= 4 is 17.5 Å². The fourth-order valence-electron chi connectivity index (χ4n) is 2.12. The average Bonchev–Trinajstić information content (AvgIpc) is 2.59. The monoisotopic (exact) mass is 203 g/mol. The van der Waals surface area contributed by atoms with E-state index < -0.39 is 0 Å². The van der Waals surface area contributed by atoms with Gasteiger partial charge in [0.1, 0.15) is 5.38 Å². The number of halogens is 1. The highest BCUT2D eigenvalue weighted by atomic mass is 35.5. The molecule has 13 heavy (non-hydrogen) atoms. The molecular weight excluding hydrogens is 190 g/mol. The standard InChI is InChI=1S/C9H14ClNO2/c1-6(10)9(12)11-2-7-4-13-5-8(7)3-11/h6-8H,2-5H2,1H3/t6-,7+,8+/m0/s1. The van der Waals surface area contributed by atoms with Crippen LogP contribution in [-0.4, -0.2) is 42.5 Å². The van der Waals surface area contributed by atoms with E-state index >= 15 is 0 Å². The van der Waals surface area contributed by atoms with E-state index in [1.54, 1.807) is 6.92 Å². The number of rotatable bonds is 1. The first-order valence-electron chi connectivity index (χ1n) is 4.69. The Morgan fingerprint density at radius 2 is 2.00 bits per heavy atom. The van der Waals surface area contributed by atoms with Crippen molar-refractivity contribution in [1.82, 2.24) is 4.90 Å². The van der Waals surface area contributed by atoms with Crippen molar-refractivity contribution in [3.63, 3.8) is 0 Å². The summed E-state index contributed by atoms with van der Waals surface area (Å²) in [5.74, 6) is 1.18. The van der Waals surface area contributed by atoms with Crippen LogP contribution < -0.4 is 0 Å². The SMILES string of the molecule is C[C@H](Cl)C(=O)N1C[C@@H]2COC[C@H]2C1. The summed E-state index contributed by atoms with van der Waals surface area (Å²) in [6.07, 6.45) is 0. The van der Waals surface area contributed by atoms with Gasteiger partial charge in [0.05, 0.1) is 13.2 Å². The quantitative estimate of drug-likeness (QED) is 0.588. The fourth-order valence-corrected chi connectivity index (χ4v) is 2.26. The summed E-state index contributed by atoms with van der Waals surface area (Å²) in [7, 11) is 0. The topological polar surface area (TPSA) is 29.5 Å². The molecule has 2 rings (SSSR count). The molecule has 0 unspecified atom stereocenters. The third-order valence-electron chi connectivity index (χ3n) is 2.89. The number of amides is 1. The summed E-state index contributed by atoms with van der Waals surface area (Å²) < 4.78 is 5.33. The van der Waals surface area contributed by atoms with Gasteiger partial charge in [-0.3, -0.25) is 4.79 Å². The maximum atomic E-state index is 11.5. The maximum absolute atomic E-state index is 11.5. The number of hydrogen-bond acceptors (Lipinski definition) is 2. The van der Waals surface area contributed by atoms with Crippen molar-refractivity contribution in [2.24, 2.45) is 11.8 Å². The van der Waals surface area contributed by atoms with E-state index in [-0.39, 0.29) is 11.3 Å². The van der Waals surface area contributed by atoms with Gasteiger partial charge in [-0.1, -0.05) is 0 Å². The number of alkyl halides is 1. The first-order valence-corrected chi connectivity index (χ1v) is 5.12. The van der Waals surface area contributed by atoms with Crippen molar-refractivity contribution in [2.45, 2.75) is 12.3 Å². The summed E-state index contributed by atoms with van der Waals surface area (Å²) in [4.78, 5) is 13.4. The third-order valence-corrected chi connectivity index (χ3v) is 3.08. The zero-order valence-electron chi connectivity index (χ0n) is 7.70. The van der Waals surface area contributed by atoms with E-state index in [9.17, 15) is 4.79 Å². The smallest absolute Gasteiger partial charge is 0.240 e. The molecule has 0 saturated carbocycles. The molecule has 2 saturated heterocycles. The Morgan fingerprint density at radius 3 is 2.46 bits per heavy atom.